The Balaban J connectivity index is 1.64. The molecule has 3 aromatic rings. The van der Waals surface area contributed by atoms with Crippen molar-refractivity contribution in [2.45, 2.75) is 32.1 Å². The summed E-state index contributed by atoms with van der Waals surface area (Å²) in [6, 6.07) is 9.21. The Morgan fingerprint density at radius 3 is 2.76 bits per heavy atom. The number of nitrogens with one attached hydrogen (secondary N) is 3. The van der Waals surface area contributed by atoms with Gasteiger partial charge in [0.1, 0.15) is 0 Å². The van der Waals surface area contributed by atoms with E-state index in [1.54, 1.807) is 31.7 Å². The molecule has 3 N–H and O–H groups in total. The highest BCUT2D eigenvalue weighted by atomic mass is 19.2. The summed E-state index contributed by atoms with van der Waals surface area (Å²) in [4.78, 5) is 25.1. The van der Waals surface area contributed by atoms with Crippen molar-refractivity contribution in [3.8, 4) is 0 Å². The normalized spacial score (nSPS) is 11.6. The van der Waals surface area contributed by atoms with E-state index in [1.807, 2.05) is 12.1 Å². The molecule has 2 aromatic heterocycles. The van der Waals surface area contributed by atoms with Crippen LogP contribution in [0.25, 0.3) is 0 Å². The van der Waals surface area contributed by atoms with Crippen molar-refractivity contribution >= 4 is 12.1 Å². The molecular weight excluding hydrogens is 442 g/mol. The molecule has 3 rings (SSSR count). The lowest BCUT2D eigenvalue weighted by molar-refractivity contribution is 0.126. The number of benzene rings is 1. The molecule has 180 valence electrons. The first-order chi connectivity index (χ1) is 16.5. The molecule has 0 aliphatic heterocycles. The van der Waals surface area contributed by atoms with E-state index in [1.165, 1.54) is 17.0 Å². The number of carbonyl (C=O) groups excluding carboxylic acids is 1. The summed E-state index contributed by atoms with van der Waals surface area (Å²) >= 11 is 0. The van der Waals surface area contributed by atoms with Crippen LogP contribution in [-0.2, 0) is 11.2 Å². The lowest BCUT2D eigenvalue weighted by atomic mass is 9.92. The zero-order valence-electron chi connectivity index (χ0n) is 18.9. The van der Waals surface area contributed by atoms with Crippen molar-refractivity contribution in [3.63, 3.8) is 0 Å². The number of amides is 1. The van der Waals surface area contributed by atoms with Crippen molar-refractivity contribution in [2.75, 3.05) is 19.7 Å². The average Bonchev–Trinajstić information content (AvgIpc) is 3.35. The third kappa shape index (κ3) is 6.84. The van der Waals surface area contributed by atoms with Crippen molar-refractivity contribution < 1.29 is 18.3 Å². The van der Waals surface area contributed by atoms with E-state index in [9.17, 15) is 13.6 Å². The maximum atomic E-state index is 13.9. The second-order valence-electron chi connectivity index (χ2n) is 7.56. The van der Waals surface area contributed by atoms with Gasteiger partial charge in [0.15, 0.2) is 11.6 Å². The van der Waals surface area contributed by atoms with Crippen LogP contribution in [0.2, 0.25) is 0 Å². The summed E-state index contributed by atoms with van der Waals surface area (Å²) in [6.45, 7) is 2.48. The molecule has 0 aliphatic rings. The molecule has 2 heterocycles. The van der Waals surface area contributed by atoms with Crippen LogP contribution in [0, 0.1) is 17.0 Å². The van der Waals surface area contributed by atoms with Crippen LogP contribution >= 0.6 is 0 Å². The Bertz CT molecular complexity index is 1060. The van der Waals surface area contributed by atoms with Crippen molar-refractivity contribution in [3.05, 3.63) is 83.7 Å². The number of pyridine rings is 1. The van der Waals surface area contributed by atoms with Crippen LogP contribution in [0.15, 0.2) is 55.1 Å². The molecule has 10 heteroatoms. The van der Waals surface area contributed by atoms with E-state index in [-0.39, 0.29) is 25.0 Å². The molecule has 0 saturated carbocycles. The van der Waals surface area contributed by atoms with Gasteiger partial charge in [-0.05, 0) is 56.0 Å². The van der Waals surface area contributed by atoms with Gasteiger partial charge in [-0.2, -0.15) is 0 Å². The molecule has 1 amide bonds. The van der Waals surface area contributed by atoms with E-state index in [0.717, 1.165) is 11.8 Å². The van der Waals surface area contributed by atoms with Crippen LogP contribution in [-0.4, -0.2) is 51.6 Å². The van der Waals surface area contributed by atoms with Gasteiger partial charge in [-0.3, -0.25) is 10.4 Å². The number of aromatic amines is 1. The quantitative estimate of drug-likeness (QED) is 0.304. The highest BCUT2D eigenvalue weighted by molar-refractivity contribution is 5.92. The molecular formula is C24H28F2N6O2. The smallest absolute Gasteiger partial charge is 0.416 e. The predicted octanol–water partition coefficient (Wildman–Crippen LogP) is 4.22. The number of ether oxygens (including phenoxy) is 1. The molecule has 1 unspecified atom stereocenters. The highest BCUT2D eigenvalue weighted by Gasteiger charge is 2.21. The number of hydrogen-bond acceptors (Lipinski definition) is 5. The van der Waals surface area contributed by atoms with E-state index in [4.69, 9.17) is 10.1 Å². The number of H-pyrrole nitrogens is 1. The molecule has 0 spiro atoms. The third-order valence-corrected chi connectivity index (χ3v) is 5.24. The van der Waals surface area contributed by atoms with E-state index >= 15 is 0 Å². The first-order valence-electron chi connectivity index (χ1n) is 11.1. The number of carbonyl (C=O) groups is 1. The fourth-order valence-electron chi connectivity index (χ4n) is 3.57. The molecule has 0 radical (unpaired) electrons. The Morgan fingerprint density at radius 1 is 1.24 bits per heavy atom. The molecule has 0 fully saturated rings. The van der Waals surface area contributed by atoms with Crippen LogP contribution in [0.3, 0.4) is 0 Å². The fourth-order valence-corrected chi connectivity index (χ4v) is 3.57. The van der Waals surface area contributed by atoms with E-state index in [0.29, 0.717) is 37.1 Å². The van der Waals surface area contributed by atoms with Gasteiger partial charge in [0.25, 0.3) is 0 Å². The zero-order chi connectivity index (χ0) is 24.3. The van der Waals surface area contributed by atoms with E-state index < -0.39 is 17.7 Å². The molecule has 1 atom stereocenters. The molecule has 1 aromatic carbocycles. The van der Waals surface area contributed by atoms with Crippen LogP contribution < -0.4 is 5.32 Å². The number of nitrogens with zero attached hydrogens (tertiary/aromatic N) is 3. The van der Waals surface area contributed by atoms with Crippen LogP contribution in [0.4, 0.5) is 13.6 Å². The lowest BCUT2D eigenvalue weighted by Crippen LogP contribution is -2.45. The monoisotopic (exact) mass is 470 g/mol. The van der Waals surface area contributed by atoms with Gasteiger partial charge in [-0.25, -0.2) is 23.5 Å². The van der Waals surface area contributed by atoms with E-state index in [2.05, 4.69) is 20.3 Å². The summed E-state index contributed by atoms with van der Waals surface area (Å²) in [5.74, 6) is -2.26. The summed E-state index contributed by atoms with van der Waals surface area (Å²) in [7, 11) is 0. The van der Waals surface area contributed by atoms with Gasteiger partial charge in [0.05, 0.1) is 18.6 Å². The Labute approximate surface area is 196 Å². The second-order valence-corrected chi connectivity index (χ2v) is 7.56. The van der Waals surface area contributed by atoms with Crippen molar-refractivity contribution in [2.24, 2.45) is 0 Å². The van der Waals surface area contributed by atoms with Crippen LogP contribution in [0.5, 0.6) is 0 Å². The van der Waals surface area contributed by atoms with Gasteiger partial charge in [0, 0.05) is 37.1 Å². The molecule has 34 heavy (non-hydrogen) atoms. The van der Waals surface area contributed by atoms with Gasteiger partial charge < -0.3 is 15.0 Å². The molecule has 0 saturated heterocycles. The first-order valence-corrected chi connectivity index (χ1v) is 11.1. The summed E-state index contributed by atoms with van der Waals surface area (Å²) in [6.07, 6.45) is 6.09. The number of imidazole rings is 1. The maximum absolute atomic E-state index is 13.9. The maximum Gasteiger partial charge on any atom is 0.416 e. The number of rotatable bonds is 10. The number of halogens is 2. The first kappa shape index (κ1) is 24.8. The van der Waals surface area contributed by atoms with Gasteiger partial charge in [-0.1, -0.05) is 12.1 Å². The minimum atomic E-state index is -0.926. The minimum Gasteiger partial charge on any atom is -0.449 e. The SMILES string of the molecule is CCOC(=O)N(CCCc1c[nH]cn1)C(=N)NCCC(c1ccc(F)c(F)c1)c1ccccn1. The minimum absolute atomic E-state index is 0.0921. The van der Waals surface area contributed by atoms with Crippen molar-refractivity contribution in [1.29, 1.82) is 5.41 Å². The molecule has 0 aliphatic carbocycles. The molecule has 0 bridgehead atoms. The zero-order valence-corrected chi connectivity index (χ0v) is 18.9. The Hall–Kier alpha value is -3.82. The molecule has 8 nitrogen and oxygen atoms in total. The van der Waals surface area contributed by atoms with Crippen LogP contribution in [0.1, 0.15) is 42.6 Å². The average molecular weight is 471 g/mol. The topological polar surface area (TPSA) is 107 Å². The number of guanidine groups is 1. The lowest BCUT2D eigenvalue weighted by Gasteiger charge is -2.24. The Morgan fingerprint density at radius 2 is 2.09 bits per heavy atom. The standard InChI is InChI=1S/C24H28F2N6O2/c1-2-34-24(33)32(13-5-6-18-15-28-16-31-18)23(27)30-12-10-19(22-7-3-4-11-29-22)17-8-9-20(25)21(26)14-17/h3-4,7-9,11,14-16,19H,2,5-6,10,12-13H2,1H3,(H2,27,30)(H,28,31). The summed E-state index contributed by atoms with van der Waals surface area (Å²) < 4.78 is 32.4. The largest absolute Gasteiger partial charge is 0.449 e. The fraction of sp³-hybridized carbons (Fsp3) is 0.333. The van der Waals surface area contributed by atoms with Gasteiger partial charge in [-0.15, -0.1) is 0 Å². The summed E-state index contributed by atoms with van der Waals surface area (Å²) in [5.41, 5.74) is 2.14. The predicted molar refractivity (Wildman–Crippen MR) is 123 cm³/mol. The Kier molecular flexibility index (Phi) is 9.07. The summed E-state index contributed by atoms with van der Waals surface area (Å²) in [5, 5.41) is 11.3. The van der Waals surface area contributed by atoms with Crippen molar-refractivity contribution in [1.82, 2.24) is 25.2 Å². The number of aromatic nitrogens is 3. The third-order valence-electron chi connectivity index (χ3n) is 5.24. The second kappa shape index (κ2) is 12.4. The van der Waals surface area contributed by atoms with Gasteiger partial charge in [0.2, 0.25) is 5.96 Å². The number of hydrogen-bond donors (Lipinski definition) is 3. The van der Waals surface area contributed by atoms with Gasteiger partial charge >= 0.3 is 6.09 Å². The highest BCUT2D eigenvalue weighted by Crippen LogP contribution is 2.27. The number of aryl methyl sites for hydroxylation is 1.